The van der Waals surface area contributed by atoms with Gasteiger partial charge in [-0.25, -0.2) is 0 Å². The predicted molar refractivity (Wildman–Crippen MR) is 150 cm³/mol. The molecule has 0 bridgehead atoms. The number of rotatable bonds is 6. The van der Waals surface area contributed by atoms with Gasteiger partial charge in [-0.15, -0.1) is 0 Å². The number of aliphatic hydroxyl groups is 2. The van der Waals surface area contributed by atoms with Gasteiger partial charge in [-0.2, -0.15) is 0 Å². The van der Waals surface area contributed by atoms with Gasteiger partial charge in [-0.05, 0) is 122 Å². The molecule has 0 spiro atoms. The number of carbonyl (C=O) groups is 2. The molecule has 6 nitrogen and oxygen atoms in total. The third-order valence-corrected chi connectivity index (χ3v) is 11.7. The average Bonchev–Trinajstić information content (AvgIpc) is 3.21. The number of hydrogen-bond donors (Lipinski definition) is 4. The van der Waals surface area contributed by atoms with E-state index >= 15 is 0 Å². The lowest BCUT2D eigenvalue weighted by Crippen LogP contribution is -2.58. The van der Waals surface area contributed by atoms with Crippen molar-refractivity contribution in [1.82, 2.24) is 0 Å². The molecule has 0 saturated heterocycles. The fraction of sp³-hybridized carbons (Fsp3) is 0.750. The highest BCUT2D eigenvalue weighted by atomic mass is 16.3. The van der Waals surface area contributed by atoms with E-state index in [9.17, 15) is 19.8 Å². The van der Waals surface area contributed by atoms with E-state index in [1.54, 1.807) is 6.07 Å². The van der Waals surface area contributed by atoms with Gasteiger partial charge in [-0.1, -0.05) is 26.8 Å². The van der Waals surface area contributed by atoms with Crippen molar-refractivity contribution >= 4 is 23.2 Å². The van der Waals surface area contributed by atoms with Gasteiger partial charge >= 0.3 is 0 Å². The second-order valence-electron chi connectivity index (χ2n) is 13.8. The number of amides is 2. The zero-order chi connectivity index (χ0) is 27.2. The third-order valence-electron chi connectivity index (χ3n) is 11.7. The van der Waals surface area contributed by atoms with Gasteiger partial charge in [-0.3, -0.25) is 9.59 Å². The molecule has 4 fully saturated rings. The minimum atomic E-state index is -0.249. The molecule has 0 heterocycles. The van der Waals surface area contributed by atoms with Crippen molar-refractivity contribution in [3.05, 3.63) is 24.3 Å². The predicted octanol–water partition coefficient (Wildman–Crippen LogP) is 5.99. The first-order valence-corrected chi connectivity index (χ1v) is 15.0. The van der Waals surface area contributed by atoms with E-state index in [1.165, 1.54) is 32.6 Å². The molecule has 6 heteroatoms. The largest absolute Gasteiger partial charge is 0.393 e. The van der Waals surface area contributed by atoms with Gasteiger partial charge in [0.05, 0.1) is 12.2 Å². The molecule has 2 amide bonds. The second kappa shape index (κ2) is 10.6. The molecule has 0 aromatic heterocycles. The number of aliphatic hydroxyl groups excluding tert-OH is 2. The molecular weight excluding hydrogens is 476 g/mol. The van der Waals surface area contributed by atoms with Crippen molar-refractivity contribution in [2.24, 2.45) is 46.3 Å². The molecular formula is C32H48N2O4. The van der Waals surface area contributed by atoms with Gasteiger partial charge in [0.1, 0.15) is 0 Å². The summed E-state index contributed by atoms with van der Waals surface area (Å²) in [5, 5.41) is 27.5. The summed E-state index contributed by atoms with van der Waals surface area (Å²) in [5.74, 6) is 2.85. The SMILES string of the molecule is CC(=O)Nc1cccc(NC(=O)CC[C@@H](C)[C@@H]2CC[C@@H]3[C@H]4[C@@H](CC[C@@]32C)[C@@]2(C)CC[C@@H](O)C[C@@H]2C[C@@H]4O)c1. The zero-order valence-corrected chi connectivity index (χ0v) is 23.7. The van der Waals surface area contributed by atoms with Crippen LogP contribution in [-0.4, -0.2) is 34.2 Å². The summed E-state index contributed by atoms with van der Waals surface area (Å²) in [5.41, 5.74) is 1.86. The molecule has 4 N–H and O–H groups in total. The molecule has 10 atom stereocenters. The van der Waals surface area contributed by atoms with Crippen LogP contribution in [0.5, 0.6) is 0 Å². The maximum atomic E-state index is 12.8. The summed E-state index contributed by atoms with van der Waals surface area (Å²) < 4.78 is 0. The van der Waals surface area contributed by atoms with Crippen LogP contribution in [0, 0.1) is 46.3 Å². The minimum absolute atomic E-state index is 0.0152. The van der Waals surface area contributed by atoms with E-state index in [2.05, 4.69) is 31.4 Å². The van der Waals surface area contributed by atoms with E-state index in [-0.39, 0.29) is 34.9 Å². The maximum absolute atomic E-state index is 12.8. The van der Waals surface area contributed by atoms with Crippen molar-refractivity contribution in [1.29, 1.82) is 0 Å². The number of nitrogens with one attached hydrogen (secondary N) is 2. The van der Waals surface area contributed by atoms with Crippen molar-refractivity contribution in [2.75, 3.05) is 10.6 Å². The molecule has 38 heavy (non-hydrogen) atoms. The van der Waals surface area contributed by atoms with Crippen molar-refractivity contribution in [3.8, 4) is 0 Å². The Balaban J connectivity index is 1.21. The first-order chi connectivity index (χ1) is 18.0. The Hall–Kier alpha value is -1.92. The number of carbonyl (C=O) groups excluding carboxylic acids is 2. The first kappa shape index (κ1) is 27.6. The quantitative estimate of drug-likeness (QED) is 0.367. The zero-order valence-electron chi connectivity index (χ0n) is 23.7. The molecule has 0 aliphatic heterocycles. The van der Waals surface area contributed by atoms with Crippen LogP contribution in [0.4, 0.5) is 11.4 Å². The molecule has 4 aliphatic rings. The molecule has 4 saturated carbocycles. The Kier molecular flexibility index (Phi) is 7.69. The third kappa shape index (κ3) is 5.03. The maximum Gasteiger partial charge on any atom is 0.224 e. The van der Waals surface area contributed by atoms with Gasteiger partial charge in [0, 0.05) is 24.7 Å². The number of benzene rings is 1. The summed E-state index contributed by atoms with van der Waals surface area (Å²) in [6.07, 6.45) is 9.40. The number of anilines is 2. The Labute approximate surface area is 228 Å². The summed E-state index contributed by atoms with van der Waals surface area (Å²) in [6, 6.07) is 7.28. The molecule has 5 rings (SSSR count). The topological polar surface area (TPSA) is 98.7 Å². The van der Waals surface area contributed by atoms with Crippen molar-refractivity contribution in [2.45, 2.75) is 104 Å². The van der Waals surface area contributed by atoms with Gasteiger partial charge in [0.15, 0.2) is 0 Å². The molecule has 4 aliphatic carbocycles. The number of fused-ring (bicyclic) bond motifs is 5. The van der Waals surface area contributed by atoms with E-state index in [4.69, 9.17) is 0 Å². The van der Waals surface area contributed by atoms with Crippen LogP contribution in [0.25, 0.3) is 0 Å². The Bertz CT molecular complexity index is 1040. The molecule has 0 radical (unpaired) electrons. The smallest absolute Gasteiger partial charge is 0.224 e. The summed E-state index contributed by atoms with van der Waals surface area (Å²) in [6.45, 7) is 8.75. The lowest BCUT2D eigenvalue weighted by Gasteiger charge is -2.62. The molecule has 210 valence electrons. The van der Waals surface area contributed by atoms with Crippen molar-refractivity contribution < 1.29 is 19.8 Å². The van der Waals surface area contributed by atoms with Crippen LogP contribution in [0.15, 0.2) is 24.3 Å². The van der Waals surface area contributed by atoms with E-state index in [1.807, 2.05) is 18.2 Å². The fourth-order valence-corrected chi connectivity index (χ4v) is 9.84. The van der Waals surface area contributed by atoms with Crippen molar-refractivity contribution in [3.63, 3.8) is 0 Å². The lowest BCUT2D eigenvalue weighted by molar-refractivity contribution is -0.174. The van der Waals surface area contributed by atoms with Crippen LogP contribution < -0.4 is 10.6 Å². The first-order valence-electron chi connectivity index (χ1n) is 15.0. The van der Waals surface area contributed by atoms with E-state index in [0.717, 1.165) is 32.1 Å². The van der Waals surface area contributed by atoms with Gasteiger partial charge in [0.2, 0.25) is 11.8 Å². The normalized spacial score (nSPS) is 40.8. The van der Waals surface area contributed by atoms with Gasteiger partial charge in [0.25, 0.3) is 0 Å². The molecule has 0 unspecified atom stereocenters. The van der Waals surface area contributed by atoms with Gasteiger partial charge < -0.3 is 20.8 Å². The van der Waals surface area contributed by atoms with Crippen LogP contribution >= 0.6 is 0 Å². The number of hydrogen-bond acceptors (Lipinski definition) is 4. The Morgan fingerprint density at radius 1 is 0.974 bits per heavy atom. The summed E-state index contributed by atoms with van der Waals surface area (Å²) in [7, 11) is 0. The Morgan fingerprint density at radius 2 is 1.66 bits per heavy atom. The lowest BCUT2D eigenvalue weighted by atomic mass is 9.43. The standard InChI is InChI=1S/C32H48N2O4/c1-19(8-11-29(38)34-23-7-5-6-22(18-23)33-20(2)35)25-9-10-26-30-27(13-15-32(25,26)4)31(3)14-12-24(36)16-21(31)17-28(30)37/h5-7,18-19,21,24-28,30,36-37H,8-17H2,1-4H3,(H,33,35)(H,34,38)/t19-,21-,24-,25+,26-,27-,28+,30+,31+,32-/m1/s1. The highest BCUT2D eigenvalue weighted by Crippen LogP contribution is 2.68. The highest BCUT2D eigenvalue weighted by Gasteiger charge is 2.62. The minimum Gasteiger partial charge on any atom is -0.393 e. The summed E-state index contributed by atoms with van der Waals surface area (Å²) in [4.78, 5) is 24.1. The summed E-state index contributed by atoms with van der Waals surface area (Å²) >= 11 is 0. The van der Waals surface area contributed by atoms with Crippen LogP contribution in [0.3, 0.4) is 0 Å². The highest BCUT2D eigenvalue weighted by molar-refractivity contribution is 5.93. The van der Waals surface area contributed by atoms with E-state index < -0.39 is 0 Å². The average molecular weight is 525 g/mol. The monoisotopic (exact) mass is 524 g/mol. The molecule has 1 aromatic carbocycles. The van der Waals surface area contributed by atoms with E-state index in [0.29, 0.717) is 53.3 Å². The van der Waals surface area contributed by atoms with Crippen LogP contribution in [-0.2, 0) is 9.59 Å². The van der Waals surface area contributed by atoms with Crippen LogP contribution in [0.2, 0.25) is 0 Å². The Morgan fingerprint density at radius 3 is 2.39 bits per heavy atom. The second-order valence-corrected chi connectivity index (χ2v) is 13.8. The van der Waals surface area contributed by atoms with Crippen LogP contribution in [0.1, 0.15) is 91.9 Å². The fourth-order valence-electron chi connectivity index (χ4n) is 9.84. The molecule has 1 aromatic rings.